The summed E-state index contributed by atoms with van der Waals surface area (Å²) in [5.41, 5.74) is 2.43. The van der Waals surface area contributed by atoms with Crippen LogP contribution in [-0.2, 0) is 11.2 Å². The minimum atomic E-state index is -0.728. The number of aliphatic hydroxyl groups excluding tert-OH is 1. The Hall–Kier alpha value is -2.46. The van der Waals surface area contributed by atoms with E-state index in [1.165, 1.54) is 0 Å². The largest absolute Gasteiger partial charge is 0.386 e. The highest BCUT2D eigenvalue weighted by atomic mass is 16.3. The monoisotopic (exact) mass is 339 g/mol. The quantitative estimate of drug-likeness (QED) is 0.788. The zero-order valence-corrected chi connectivity index (χ0v) is 14.9. The van der Waals surface area contributed by atoms with Gasteiger partial charge in [-0.25, -0.2) is 0 Å². The molecule has 0 unspecified atom stereocenters. The molecule has 0 saturated heterocycles. The smallest absolute Gasteiger partial charge is 0.225 e. The van der Waals surface area contributed by atoms with Crippen LogP contribution in [0.25, 0.3) is 0 Å². The Bertz CT molecular complexity index is 697. The van der Waals surface area contributed by atoms with Gasteiger partial charge in [0.15, 0.2) is 0 Å². The van der Waals surface area contributed by atoms with E-state index >= 15 is 0 Å². The SMILES string of the molecule is C[C@H](Cc1ccc(C=O)cc1)C(=O)N(C)[C@@H](C)[C@@H](O)c1ccccc1. The van der Waals surface area contributed by atoms with Gasteiger partial charge in [-0.3, -0.25) is 9.59 Å². The maximum Gasteiger partial charge on any atom is 0.225 e. The first-order valence-electron chi connectivity index (χ1n) is 8.47. The van der Waals surface area contributed by atoms with Crippen molar-refractivity contribution < 1.29 is 14.7 Å². The lowest BCUT2D eigenvalue weighted by atomic mass is 9.97. The highest BCUT2D eigenvalue weighted by Gasteiger charge is 2.27. The third kappa shape index (κ3) is 4.77. The van der Waals surface area contributed by atoms with Crippen molar-refractivity contribution in [2.45, 2.75) is 32.4 Å². The Balaban J connectivity index is 2.00. The number of nitrogens with zero attached hydrogens (tertiary/aromatic N) is 1. The number of aldehydes is 1. The second-order valence-corrected chi connectivity index (χ2v) is 6.51. The lowest BCUT2D eigenvalue weighted by molar-refractivity contribution is -0.137. The topological polar surface area (TPSA) is 57.6 Å². The third-order valence-corrected chi connectivity index (χ3v) is 4.64. The van der Waals surface area contributed by atoms with E-state index in [0.29, 0.717) is 12.0 Å². The summed E-state index contributed by atoms with van der Waals surface area (Å²) in [6.45, 7) is 3.73. The number of likely N-dealkylation sites (N-methyl/N-ethyl adjacent to an activating group) is 1. The van der Waals surface area contributed by atoms with E-state index in [1.807, 2.05) is 56.3 Å². The van der Waals surface area contributed by atoms with Crippen LogP contribution in [0.15, 0.2) is 54.6 Å². The van der Waals surface area contributed by atoms with E-state index in [2.05, 4.69) is 0 Å². The molecule has 2 rings (SSSR count). The van der Waals surface area contributed by atoms with E-state index < -0.39 is 6.10 Å². The fourth-order valence-corrected chi connectivity index (χ4v) is 2.86. The second kappa shape index (κ2) is 8.58. The van der Waals surface area contributed by atoms with Crippen molar-refractivity contribution in [3.8, 4) is 0 Å². The van der Waals surface area contributed by atoms with Crippen LogP contribution in [0.1, 0.15) is 41.4 Å². The minimum absolute atomic E-state index is 0.0121. The molecule has 25 heavy (non-hydrogen) atoms. The molecule has 0 spiro atoms. The van der Waals surface area contributed by atoms with Gasteiger partial charge in [-0.15, -0.1) is 0 Å². The Morgan fingerprint density at radius 2 is 1.68 bits per heavy atom. The molecule has 0 heterocycles. The first kappa shape index (κ1) is 18.9. The summed E-state index contributed by atoms with van der Waals surface area (Å²) in [6, 6.07) is 16.3. The molecule has 1 amide bonds. The van der Waals surface area contributed by atoms with Crippen molar-refractivity contribution in [1.82, 2.24) is 4.90 Å². The number of hydrogen-bond donors (Lipinski definition) is 1. The molecule has 0 aliphatic heterocycles. The van der Waals surface area contributed by atoms with Gasteiger partial charge in [0.2, 0.25) is 5.91 Å². The van der Waals surface area contributed by atoms with Crippen LogP contribution in [0.5, 0.6) is 0 Å². The van der Waals surface area contributed by atoms with Crippen LogP contribution in [0.4, 0.5) is 0 Å². The van der Waals surface area contributed by atoms with Gasteiger partial charge in [0, 0.05) is 18.5 Å². The minimum Gasteiger partial charge on any atom is -0.386 e. The molecule has 3 atom stereocenters. The summed E-state index contributed by atoms with van der Waals surface area (Å²) in [5, 5.41) is 10.5. The van der Waals surface area contributed by atoms with E-state index in [4.69, 9.17) is 0 Å². The van der Waals surface area contributed by atoms with E-state index in [0.717, 1.165) is 17.4 Å². The maximum absolute atomic E-state index is 12.7. The summed E-state index contributed by atoms with van der Waals surface area (Å²) < 4.78 is 0. The summed E-state index contributed by atoms with van der Waals surface area (Å²) in [6.07, 6.45) is 0.670. The van der Waals surface area contributed by atoms with E-state index in [-0.39, 0.29) is 17.9 Å². The van der Waals surface area contributed by atoms with Gasteiger partial charge in [-0.05, 0) is 24.5 Å². The molecule has 0 aromatic heterocycles. The van der Waals surface area contributed by atoms with Gasteiger partial charge in [0.05, 0.1) is 12.1 Å². The molecule has 0 aliphatic carbocycles. The zero-order chi connectivity index (χ0) is 18.4. The van der Waals surface area contributed by atoms with Gasteiger partial charge >= 0.3 is 0 Å². The number of rotatable bonds is 7. The number of carbonyl (C=O) groups excluding carboxylic acids is 2. The van der Waals surface area contributed by atoms with Crippen LogP contribution < -0.4 is 0 Å². The zero-order valence-electron chi connectivity index (χ0n) is 14.9. The van der Waals surface area contributed by atoms with Crippen molar-refractivity contribution in [1.29, 1.82) is 0 Å². The Morgan fingerprint density at radius 3 is 2.24 bits per heavy atom. The normalized spacial score (nSPS) is 14.4. The fraction of sp³-hybridized carbons (Fsp3) is 0.333. The summed E-state index contributed by atoms with van der Waals surface area (Å²) in [7, 11) is 1.73. The van der Waals surface area contributed by atoms with Gasteiger partial charge in [-0.2, -0.15) is 0 Å². The molecule has 0 aliphatic rings. The lowest BCUT2D eigenvalue weighted by Gasteiger charge is -2.31. The molecule has 2 aromatic carbocycles. The number of carbonyl (C=O) groups is 2. The molecule has 0 fully saturated rings. The van der Waals surface area contributed by atoms with Gasteiger partial charge in [0.25, 0.3) is 0 Å². The third-order valence-electron chi connectivity index (χ3n) is 4.64. The van der Waals surface area contributed by atoms with Crippen molar-refractivity contribution in [2.24, 2.45) is 5.92 Å². The summed E-state index contributed by atoms with van der Waals surface area (Å²) in [5.74, 6) is -0.223. The van der Waals surface area contributed by atoms with Crippen LogP contribution in [0.3, 0.4) is 0 Å². The van der Waals surface area contributed by atoms with Crippen molar-refractivity contribution >= 4 is 12.2 Å². The average Bonchev–Trinajstić information content (AvgIpc) is 2.66. The first-order chi connectivity index (χ1) is 11.9. The van der Waals surface area contributed by atoms with Crippen molar-refractivity contribution in [3.63, 3.8) is 0 Å². The number of aliphatic hydroxyl groups is 1. The van der Waals surface area contributed by atoms with Crippen LogP contribution in [0, 0.1) is 5.92 Å². The van der Waals surface area contributed by atoms with Crippen LogP contribution in [-0.4, -0.2) is 35.3 Å². The second-order valence-electron chi connectivity index (χ2n) is 6.51. The fourth-order valence-electron chi connectivity index (χ4n) is 2.86. The molecule has 132 valence electrons. The Kier molecular flexibility index (Phi) is 6.48. The van der Waals surface area contributed by atoms with E-state index in [9.17, 15) is 14.7 Å². The molecule has 4 heteroatoms. The predicted octanol–water partition coefficient (Wildman–Crippen LogP) is 3.26. The van der Waals surface area contributed by atoms with Crippen LogP contribution in [0.2, 0.25) is 0 Å². The number of benzene rings is 2. The highest BCUT2D eigenvalue weighted by molar-refractivity contribution is 5.79. The van der Waals surface area contributed by atoms with Gasteiger partial charge < -0.3 is 10.0 Å². The molecule has 2 aromatic rings. The van der Waals surface area contributed by atoms with Gasteiger partial charge in [-0.1, -0.05) is 61.5 Å². The summed E-state index contributed by atoms with van der Waals surface area (Å²) in [4.78, 5) is 25.0. The van der Waals surface area contributed by atoms with Crippen LogP contribution >= 0.6 is 0 Å². The molecule has 0 saturated carbocycles. The van der Waals surface area contributed by atoms with Crippen molar-refractivity contribution in [3.05, 3.63) is 71.3 Å². The number of hydrogen-bond acceptors (Lipinski definition) is 3. The summed E-state index contributed by atoms with van der Waals surface area (Å²) >= 11 is 0. The molecule has 4 nitrogen and oxygen atoms in total. The number of amides is 1. The Labute approximate surface area is 149 Å². The molecular formula is C21H25NO3. The molecule has 1 N–H and O–H groups in total. The highest BCUT2D eigenvalue weighted by Crippen LogP contribution is 2.22. The predicted molar refractivity (Wildman–Crippen MR) is 98.3 cm³/mol. The molecule has 0 bridgehead atoms. The maximum atomic E-state index is 12.7. The van der Waals surface area contributed by atoms with Crippen molar-refractivity contribution in [2.75, 3.05) is 7.05 Å². The average molecular weight is 339 g/mol. The van der Waals surface area contributed by atoms with E-state index in [1.54, 1.807) is 24.1 Å². The first-order valence-corrected chi connectivity index (χ1v) is 8.47. The molecular weight excluding hydrogens is 314 g/mol. The standard InChI is InChI=1S/C21H25NO3/c1-15(13-17-9-11-18(14-23)12-10-17)21(25)22(3)16(2)20(24)19-7-5-4-6-8-19/h4-12,14-16,20,24H,13H2,1-3H3/t15-,16+,20-/m1/s1. The van der Waals surface area contributed by atoms with Gasteiger partial charge in [0.1, 0.15) is 6.29 Å². The Morgan fingerprint density at radius 1 is 1.08 bits per heavy atom. The molecule has 0 radical (unpaired) electrons. The lowest BCUT2D eigenvalue weighted by Crippen LogP contribution is -2.42.